The minimum atomic E-state index is -0.725. The molecular formula is C18H19ClN4O2. The van der Waals surface area contributed by atoms with E-state index in [1.807, 2.05) is 19.9 Å². The van der Waals surface area contributed by atoms with Gasteiger partial charge < -0.3 is 5.32 Å². The summed E-state index contributed by atoms with van der Waals surface area (Å²) in [6.45, 7) is 3.68. The van der Waals surface area contributed by atoms with Crippen LogP contribution < -0.4 is 10.7 Å². The van der Waals surface area contributed by atoms with Crippen molar-refractivity contribution in [2.24, 2.45) is 11.0 Å². The Balaban J connectivity index is 2.00. The summed E-state index contributed by atoms with van der Waals surface area (Å²) in [7, 11) is 0. The molecule has 2 amide bonds. The van der Waals surface area contributed by atoms with E-state index in [9.17, 15) is 9.59 Å². The van der Waals surface area contributed by atoms with Crippen LogP contribution in [-0.2, 0) is 4.79 Å². The molecule has 0 spiro atoms. The van der Waals surface area contributed by atoms with Crippen LogP contribution in [-0.4, -0.2) is 29.1 Å². The summed E-state index contributed by atoms with van der Waals surface area (Å²) < 4.78 is 0. The number of pyridine rings is 1. The molecule has 2 N–H and O–H groups in total. The lowest BCUT2D eigenvalue weighted by Crippen LogP contribution is -2.48. The van der Waals surface area contributed by atoms with Gasteiger partial charge in [-0.25, -0.2) is 5.43 Å². The van der Waals surface area contributed by atoms with Crippen molar-refractivity contribution in [3.05, 3.63) is 64.9 Å². The maximum Gasteiger partial charge on any atom is 0.262 e. The molecule has 7 heteroatoms. The number of hydrazone groups is 1. The Bertz CT molecular complexity index is 763. The number of hydrogen-bond acceptors (Lipinski definition) is 4. The molecule has 0 aliphatic carbocycles. The molecule has 0 fully saturated rings. The monoisotopic (exact) mass is 358 g/mol. The predicted molar refractivity (Wildman–Crippen MR) is 97.5 cm³/mol. The Morgan fingerprint density at radius 2 is 2.04 bits per heavy atom. The van der Waals surface area contributed by atoms with Crippen molar-refractivity contribution in [3.8, 4) is 0 Å². The van der Waals surface area contributed by atoms with Gasteiger partial charge in [0.15, 0.2) is 0 Å². The van der Waals surface area contributed by atoms with E-state index in [0.717, 1.165) is 5.56 Å². The fraction of sp³-hybridized carbons (Fsp3) is 0.222. The number of carbonyl (C=O) groups is 2. The van der Waals surface area contributed by atoms with Gasteiger partial charge in [0, 0.05) is 28.5 Å². The van der Waals surface area contributed by atoms with Crippen LogP contribution >= 0.6 is 11.6 Å². The highest BCUT2D eigenvalue weighted by molar-refractivity contribution is 6.31. The summed E-state index contributed by atoms with van der Waals surface area (Å²) in [6, 6.07) is 9.40. The van der Waals surface area contributed by atoms with Crippen LogP contribution in [0.3, 0.4) is 0 Å². The second kappa shape index (κ2) is 8.94. The van der Waals surface area contributed by atoms with Crippen molar-refractivity contribution >= 4 is 29.6 Å². The summed E-state index contributed by atoms with van der Waals surface area (Å²) in [5, 5.41) is 7.07. The average Bonchev–Trinajstić information content (AvgIpc) is 2.60. The number of nitrogens with zero attached hydrogens (tertiary/aromatic N) is 2. The van der Waals surface area contributed by atoms with E-state index in [2.05, 4.69) is 20.8 Å². The molecule has 25 heavy (non-hydrogen) atoms. The van der Waals surface area contributed by atoms with E-state index in [1.165, 1.54) is 6.21 Å². The van der Waals surface area contributed by atoms with Crippen LogP contribution in [0.15, 0.2) is 53.9 Å². The Labute approximate surface area is 151 Å². The lowest BCUT2D eigenvalue weighted by Gasteiger charge is -2.20. The molecule has 1 aromatic carbocycles. The summed E-state index contributed by atoms with van der Waals surface area (Å²) in [5.74, 6) is -0.880. The van der Waals surface area contributed by atoms with Gasteiger partial charge in [-0.3, -0.25) is 14.6 Å². The van der Waals surface area contributed by atoms with E-state index >= 15 is 0 Å². The van der Waals surface area contributed by atoms with Gasteiger partial charge in [0.1, 0.15) is 6.04 Å². The fourth-order valence-corrected chi connectivity index (χ4v) is 2.27. The summed E-state index contributed by atoms with van der Waals surface area (Å²) in [4.78, 5) is 28.6. The van der Waals surface area contributed by atoms with Crippen molar-refractivity contribution in [2.75, 3.05) is 0 Å². The number of carbonyl (C=O) groups excluding carboxylic acids is 2. The molecule has 0 aliphatic rings. The lowest BCUT2D eigenvalue weighted by atomic mass is 10.0. The first-order chi connectivity index (χ1) is 12.0. The fourth-order valence-electron chi connectivity index (χ4n) is 2.08. The molecule has 6 nitrogen and oxygen atoms in total. The van der Waals surface area contributed by atoms with Gasteiger partial charge in [0.05, 0.1) is 6.21 Å². The maximum absolute atomic E-state index is 12.3. The van der Waals surface area contributed by atoms with Crippen molar-refractivity contribution < 1.29 is 9.59 Å². The summed E-state index contributed by atoms with van der Waals surface area (Å²) in [5.41, 5.74) is 3.59. The quantitative estimate of drug-likeness (QED) is 0.615. The highest BCUT2D eigenvalue weighted by Gasteiger charge is 2.24. The van der Waals surface area contributed by atoms with E-state index < -0.39 is 11.9 Å². The number of amides is 2. The van der Waals surface area contributed by atoms with Gasteiger partial charge in [-0.15, -0.1) is 0 Å². The Kier molecular flexibility index (Phi) is 6.65. The van der Waals surface area contributed by atoms with Gasteiger partial charge in [-0.05, 0) is 30.2 Å². The predicted octanol–water partition coefficient (Wildman–Crippen LogP) is 2.64. The summed E-state index contributed by atoms with van der Waals surface area (Å²) in [6.07, 6.45) is 4.76. The van der Waals surface area contributed by atoms with Crippen molar-refractivity contribution in [2.45, 2.75) is 19.9 Å². The van der Waals surface area contributed by atoms with Crippen LogP contribution in [0.1, 0.15) is 29.8 Å². The van der Waals surface area contributed by atoms with Gasteiger partial charge in [-0.2, -0.15) is 5.10 Å². The molecule has 0 saturated heterocycles. The summed E-state index contributed by atoms with van der Waals surface area (Å²) >= 11 is 5.89. The van der Waals surface area contributed by atoms with E-state index in [4.69, 9.17) is 11.6 Å². The van der Waals surface area contributed by atoms with E-state index in [-0.39, 0.29) is 11.8 Å². The zero-order valence-corrected chi connectivity index (χ0v) is 14.7. The van der Waals surface area contributed by atoms with Crippen LogP contribution in [0.25, 0.3) is 0 Å². The number of benzene rings is 1. The van der Waals surface area contributed by atoms with Gasteiger partial charge >= 0.3 is 0 Å². The number of halogens is 1. The molecule has 2 aromatic rings. The molecule has 1 heterocycles. The van der Waals surface area contributed by atoms with E-state index in [0.29, 0.717) is 10.6 Å². The Hall–Kier alpha value is -2.73. The lowest BCUT2D eigenvalue weighted by molar-refractivity contribution is -0.123. The second-order valence-electron chi connectivity index (χ2n) is 5.73. The van der Waals surface area contributed by atoms with Crippen LogP contribution in [0.2, 0.25) is 5.02 Å². The Morgan fingerprint density at radius 1 is 1.24 bits per heavy atom. The third-order valence-corrected chi connectivity index (χ3v) is 3.63. The first-order valence-electron chi connectivity index (χ1n) is 7.76. The highest BCUT2D eigenvalue weighted by Crippen LogP contribution is 2.11. The van der Waals surface area contributed by atoms with Crippen LogP contribution in [0.4, 0.5) is 0 Å². The third kappa shape index (κ3) is 5.69. The van der Waals surface area contributed by atoms with Crippen LogP contribution in [0, 0.1) is 5.92 Å². The minimum Gasteiger partial charge on any atom is -0.340 e. The SMILES string of the molecule is CC(C)C(NC(=O)c1cccc(Cl)c1)C(=O)NN=Cc1cccnc1. The molecular weight excluding hydrogens is 340 g/mol. The molecule has 1 unspecified atom stereocenters. The molecule has 130 valence electrons. The standard InChI is InChI=1S/C18H19ClN4O2/c1-12(2)16(22-17(24)14-6-3-7-15(19)9-14)18(25)23-21-11-13-5-4-8-20-10-13/h3-12,16H,1-2H3,(H,22,24)(H,23,25). The van der Waals surface area contributed by atoms with Crippen molar-refractivity contribution in [1.29, 1.82) is 0 Å². The van der Waals surface area contributed by atoms with Crippen LogP contribution in [0.5, 0.6) is 0 Å². The molecule has 0 aliphatic heterocycles. The highest BCUT2D eigenvalue weighted by atomic mass is 35.5. The van der Waals surface area contributed by atoms with Crippen molar-refractivity contribution in [3.63, 3.8) is 0 Å². The molecule has 0 saturated carbocycles. The average molecular weight is 359 g/mol. The number of nitrogens with one attached hydrogen (secondary N) is 2. The van der Waals surface area contributed by atoms with Crippen molar-refractivity contribution in [1.82, 2.24) is 15.7 Å². The first-order valence-corrected chi connectivity index (χ1v) is 8.14. The third-order valence-electron chi connectivity index (χ3n) is 3.40. The number of aromatic nitrogens is 1. The van der Waals surface area contributed by atoms with Gasteiger partial charge in [0.2, 0.25) is 0 Å². The largest absolute Gasteiger partial charge is 0.340 e. The first kappa shape index (κ1) is 18.6. The minimum absolute atomic E-state index is 0.114. The maximum atomic E-state index is 12.3. The second-order valence-corrected chi connectivity index (χ2v) is 6.16. The molecule has 1 aromatic heterocycles. The number of rotatable bonds is 6. The van der Waals surface area contributed by atoms with Gasteiger partial charge in [-0.1, -0.05) is 37.6 Å². The smallest absolute Gasteiger partial charge is 0.262 e. The molecule has 1 atom stereocenters. The molecule has 0 radical (unpaired) electrons. The zero-order chi connectivity index (χ0) is 18.2. The topological polar surface area (TPSA) is 83.5 Å². The number of hydrogen-bond donors (Lipinski definition) is 2. The normalized spacial score (nSPS) is 12.2. The zero-order valence-electron chi connectivity index (χ0n) is 13.9. The van der Waals surface area contributed by atoms with Gasteiger partial charge in [0.25, 0.3) is 11.8 Å². The molecule has 2 rings (SSSR count). The Morgan fingerprint density at radius 3 is 2.68 bits per heavy atom. The molecule has 0 bridgehead atoms. The van der Waals surface area contributed by atoms with E-state index in [1.54, 1.807) is 42.7 Å².